The SMILES string of the molecule is COc1ccc(-c2ccc3nccnc3c2)cc1CN1CCCC1. The zero-order valence-corrected chi connectivity index (χ0v) is 13.9. The van der Waals surface area contributed by atoms with Crippen molar-refractivity contribution in [1.82, 2.24) is 14.9 Å². The maximum atomic E-state index is 5.57. The molecule has 4 nitrogen and oxygen atoms in total. The second-order valence-electron chi connectivity index (χ2n) is 6.27. The Bertz CT molecular complexity index is 856. The lowest BCUT2D eigenvalue weighted by atomic mass is 10.0. The van der Waals surface area contributed by atoms with Crippen molar-refractivity contribution in [2.24, 2.45) is 0 Å². The first-order chi connectivity index (χ1) is 11.8. The van der Waals surface area contributed by atoms with Crippen LogP contribution in [0.25, 0.3) is 22.2 Å². The number of hydrogen-bond acceptors (Lipinski definition) is 4. The van der Waals surface area contributed by atoms with Gasteiger partial charge in [0.15, 0.2) is 0 Å². The first kappa shape index (κ1) is 15.1. The monoisotopic (exact) mass is 319 g/mol. The van der Waals surface area contributed by atoms with E-state index in [9.17, 15) is 0 Å². The van der Waals surface area contributed by atoms with Crippen molar-refractivity contribution in [3.05, 3.63) is 54.4 Å². The van der Waals surface area contributed by atoms with Crippen molar-refractivity contribution >= 4 is 11.0 Å². The van der Waals surface area contributed by atoms with E-state index in [1.807, 2.05) is 6.07 Å². The quantitative estimate of drug-likeness (QED) is 0.731. The fourth-order valence-corrected chi connectivity index (χ4v) is 3.41. The molecule has 1 saturated heterocycles. The van der Waals surface area contributed by atoms with Crippen LogP contribution in [0.3, 0.4) is 0 Å². The number of fused-ring (bicyclic) bond motifs is 1. The largest absolute Gasteiger partial charge is 0.496 e. The van der Waals surface area contributed by atoms with E-state index in [4.69, 9.17) is 4.74 Å². The van der Waals surface area contributed by atoms with Gasteiger partial charge in [0.25, 0.3) is 0 Å². The smallest absolute Gasteiger partial charge is 0.123 e. The molecule has 0 spiro atoms. The molecule has 0 radical (unpaired) electrons. The predicted molar refractivity (Wildman–Crippen MR) is 96.0 cm³/mol. The van der Waals surface area contributed by atoms with Crippen molar-refractivity contribution in [2.45, 2.75) is 19.4 Å². The van der Waals surface area contributed by atoms with Crippen molar-refractivity contribution in [1.29, 1.82) is 0 Å². The molecule has 24 heavy (non-hydrogen) atoms. The molecule has 0 bridgehead atoms. The maximum Gasteiger partial charge on any atom is 0.123 e. The molecule has 0 N–H and O–H groups in total. The van der Waals surface area contributed by atoms with Crippen LogP contribution >= 0.6 is 0 Å². The van der Waals surface area contributed by atoms with Crippen LogP contribution in [0.4, 0.5) is 0 Å². The molecule has 1 aliphatic rings. The van der Waals surface area contributed by atoms with E-state index < -0.39 is 0 Å². The highest BCUT2D eigenvalue weighted by molar-refractivity contribution is 5.81. The van der Waals surface area contributed by atoms with Gasteiger partial charge in [-0.3, -0.25) is 14.9 Å². The molecule has 3 aromatic rings. The van der Waals surface area contributed by atoms with Gasteiger partial charge in [-0.25, -0.2) is 0 Å². The van der Waals surface area contributed by atoms with E-state index >= 15 is 0 Å². The molecule has 4 rings (SSSR count). The summed E-state index contributed by atoms with van der Waals surface area (Å²) in [6, 6.07) is 12.7. The molecule has 1 aromatic heterocycles. The Morgan fingerprint density at radius 2 is 1.62 bits per heavy atom. The molecule has 2 aromatic carbocycles. The highest BCUT2D eigenvalue weighted by Gasteiger charge is 2.15. The average molecular weight is 319 g/mol. The van der Waals surface area contributed by atoms with E-state index in [1.165, 1.54) is 37.1 Å². The Hall–Kier alpha value is -2.46. The fourth-order valence-electron chi connectivity index (χ4n) is 3.41. The van der Waals surface area contributed by atoms with Gasteiger partial charge >= 0.3 is 0 Å². The Kier molecular flexibility index (Phi) is 4.13. The lowest BCUT2D eigenvalue weighted by Gasteiger charge is -2.18. The van der Waals surface area contributed by atoms with Gasteiger partial charge in [-0.2, -0.15) is 0 Å². The van der Waals surface area contributed by atoms with Crippen LogP contribution < -0.4 is 4.74 Å². The summed E-state index contributed by atoms with van der Waals surface area (Å²) in [6.45, 7) is 3.31. The van der Waals surface area contributed by atoms with E-state index in [0.717, 1.165) is 28.9 Å². The molecule has 1 aliphatic heterocycles. The topological polar surface area (TPSA) is 38.3 Å². The molecule has 122 valence electrons. The molecule has 1 fully saturated rings. The molecule has 0 amide bonds. The molecule has 0 aliphatic carbocycles. The average Bonchev–Trinajstić information content (AvgIpc) is 3.14. The van der Waals surface area contributed by atoms with Gasteiger partial charge < -0.3 is 4.74 Å². The third kappa shape index (κ3) is 2.97. The lowest BCUT2D eigenvalue weighted by molar-refractivity contribution is 0.321. The predicted octanol–water partition coefficient (Wildman–Crippen LogP) is 3.90. The van der Waals surface area contributed by atoms with Crippen LogP contribution in [0.2, 0.25) is 0 Å². The lowest BCUT2D eigenvalue weighted by Crippen LogP contribution is -2.18. The molecular weight excluding hydrogens is 298 g/mol. The van der Waals surface area contributed by atoms with Crippen molar-refractivity contribution in [2.75, 3.05) is 20.2 Å². The molecule has 0 atom stereocenters. The molecule has 4 heteroatoms. The van der Waals surface area contributed by atoms with Crippen molar-refractivity contribution in [3.8, 4) is 16.9 Å². The van der Waals surface area contributed by atoms with Crippen LogP contribution in [0.1, 0.15) is 18.4 Å². The van der Waals surface area contributed by atoms with Gasteiger partial charge in [0.1, 0.15) is 5.75 Å². The maximum absolute atomic E-state index is 5.57. The van der Waals surface area contributed by atoms with Gasteiger partial charge in [-0.05, 0) is 61.3 Å². The Morgan fingerprint density at radius 3 is 2.42 bits per heavy atom. The van der Waals surface area contributed by atoms with Crippen LogP contribution in [-0.2, 0) is 6.54 Å². The van der Waals surface area contributed by atoms with Crippen molar-refractivity contribution < 1.29 is 4.74 Å². The second-order valence-corrected chi connectivity index (χ2v) is 6.27. The Balaban J connectivity index is 1.70. The van der Waals surface area contributed by atoms with Gasteiger partial charge in [-0.1, -0.05) is 12.1 Å². The number of ether oxygens (including phenoxy) is 1. The minimum Gasteiger partial charge on any atom is -0.496 e. The van der Waals surface area contributed by atoms with Crippen LogP contribution in [0, 0.1) is 0 Å². The molecular formula is C20H21N3O. The summed E-state index contributed by atoms with van der Waals surface area (Å²) >= 11 is 0. The van der Waals surface area contributed by atoms with Crippen molar-refractivity contribution in [3.63, 3.8) is 0 Å². The van der Waals surface area contributed by atoms with Gasteiger partial charge in [0.2, 0.25) is 0 Å². The summed E-state index contributed by atoms with van der Waals surface area (Å²) in [5.41, 5.74) is 5.45. The number of likely N-dealkylation sites (tertiary alicyclic amines) is 1. The highest BCUT2D eigenvalue weighted by Crippen LogP contribution is 2.29. The number of hydrogen-bond donors (Lipinski definition) is 0. The summed E-state index contributed by atoms with van der Waals surface area (Å²) < 4.78 is 5.57. The summed E-state index contributed by atoms with van der Waals surface area (Å²) in [4.78, 5) is 11.2. The van der Waals surface area contributed by atoms with E-state index in [0.29, 0.717) is 0 Å². The summed E-state index contributed by atoms with van der Waals surface area (Å²) in [6.07, 6.45) is 6.05. The van der Waals surface area contributed by atoms with E-state index in [2.05, 4.69) is 45.2 Å². The number of benzene rings is 2. The number of methoxy groups -OCH3 is 1. The number of rotatable bonds is 4. The second kappa shape index (κ2) is 6.57. The number of aromatic nitrogens is 2. The van der Waals surface area contributed by atoms with E-state index in [1.54, 1.807) is 19.5 Å². The van der Waals surface area contributed by atoms with Crippen LogP contribution in [0.5, 0.6) is 5.75 Å². The first-order valence-corrected chi connectivity index (χ1v) is 8.44. The fraction of sp³-hybridized carbons (Fsp3) is 0.300. The Labute approximate surface area is 142 Å². The normalized spacial score (nSPS) is 15.0. The first-order valence-electron chi connectivity index (χ1n) is 8.44. The molecule has 0 saturated carbocycles. The molecule has 2 heterocycles. The standard InChI is InChI=1S/C20H21N3O/c1-24-20-7-5-15(12-17(20)14-23-10-2-3-11-23)16-4-6-18-19(13-16)22-9-8-21-18/h4-9,12-13H,2-3,10-11,14H2,1H3. The highest BCUT2D eigenvalue weighted by atomic mass is 16.5. The third-order valence-electron chi connectivity index (χ3n) is 4.68. The Morgan fingerprint density at radius 1 is 0.917 bits per heavy atom. The minimum absolute atomic E-state index is 0.923. The summed E-state index contributed by atoms with van der Waals surface area (Å²) in [7, 11) is 1.74. The van der Waals surface area contributed by atoms with Crippen LogP contribution in [0.15, 0.2) is 48.8 Å². The van der Waals surface area contributed by atoms with Crippen LogP contribution in [-0.4, -0.2) is 35.1 Å². The zero-order chi connectivity index (χ0) is 16.4. The van der Waals surface area contributed by atoms with Gasteiger partial charge in [0, 0.05) is 24.5 Å². The molecule has 0 unspecified atom stereocenters. The van der Waals surface area contributed by atoms with E-state index in [-0.39, 0.29) is 0 Å². The zero-order valence-electron chi connectivity index (χ0n) is 13.9. The summed E-state index contributed by atoms with van der Waals surface area (Å²) in [5.74, 6) is 0.964. The summed E-state index contributed by atoms with van der Waals surface area (Å²) in [5, 5.41) is 0. The van der Waals surface area contributed by atoms with Gasteiger partial charge in [0.05, 0.1) is 18.1 Å². The van der Waals surface area contributed by atoms with Gasteiger partial charge in [-0.15, -0.1) is 0 Å². The number of nitrogens with zero attached hydrogens (tertiary/aromatic N) is 3. The third-order valence-corrected chi connectivity index (χ3v) is 4.68. The minimum atomic E-state index is 0.923.